The van der Waals surface area contributed by atoms with Crippen LogP contribution in [0.3, 0.4) is 0 Å². The van der Waals surface area contributed by atoms with Gasteiger partial charge in [-0.25, -0.2) is 4.98 Å². The van der Waals surface area contributed by atoms with Gasteiger partial charge >= 0.3 is 0 Å². The molecule has 1 atom stereocenters. The Labute approximate surface area is 206 Å². The molecule has 0 saturated carbocycles. The molecule has 3 rings (SSSR count). The third-order valence-corrected chi connectivity index (χ3v) is 13.1. The van der Waals surface area contributed by atoms with E-state index in [1.165, 1.54) is 16.7 Å². The predicted octanol–water partition coefficient (Wildman–Crippen LogP) is 7.20. The minimum atomic E-state index is -2.31. The lowest BCUT2D eigenvalue weighted by molar-refractivity contribution is -0.384. The summed E-state index contributed by atoms with van der Waals surface area (Å²) in [4.78, 5) is 29.5. The highest BCUT2D eigenvalue weighted by Gasteiger charge is 2.46. The molecule has 3 aromatic rings. The first-order valence-corrected chi connectivity index (χ1v) is 14.1. The van der Waals surface area contributed by atoms with Crippen LogP contribution in [0.4, 0.5) is 5.69 Å². The first-order valence-electron chi connectivity index (χ1n) is 11.6. The first-order chi connectivity index (χ1) is 15.9. The number of rotatable bonds is 8. The molecule has 1 aromatic heterocycles. The third-order valence-electron chi connectivity index (χ3n) is 6.62. The smallest absolute Gasteiger partial charge is 0.271 e. The van der Waals surface area contributed by atoms with Gasteiger partial charge in [0.2, 0.25) is 8.32 Å². The molecule has 0 unspecified atom stereocenters. The van der Waals surface area contributed by atoms with Crippen molar-refractivity contribution < 1.29 is 9.35 Å². The van der Waals surface area contributed by atoms with Crippen molar-refractivity contribution in [2.45, 2.75) is 71.2 Å². The number of aromatic nitrogens is 2. The van der Waals surface area contributed by atoms with E-state index in [9.17, 15) is 14.9 Å². The summed E-state index contributed by atoms with van der Waals surface area (Å²) in [6.45, 7) is 15.1. The zero-order chi connectivity index (χ0) is 25.4. The Bertz CT molecular complexity index is 1250. The molecular formula is C25H32ClN3O4Si. The van der Waals surface area contributed by atoms with Gasteiger partial charge in [-0.15, -0.1) is 0 Å². The molecule has 2 aromatic carbocycles. The summed E-state index contributed by atoms with van der Waals surface area (Å²) in [6, 6.07) is 11.1. The summed E-state index contributed by atoms with van der Waals surface area (Å²) < 4.78 is 8.34. The summed E-state index contributed by atoms with van der Waals surface area (Å²) >= 11 is 6.38. The average molecular weight is 502 g/mol. The van der Waals surface area contributed by atoms with E-state index in [1.54, 1.807) is 30.3 Å². The fourth-order valence-corrected chi connectivity index (χ4v) is 11.0. The molecule has 1 heterocycles. The third kappa shape index (κ3) is 4.54. The zero-order valence-corrected chi connectivity index (χ0v) is 22.5. The van der Waals surface area contributed by atoms with Gasteiger partial charge in [-0.1, -0.05) is 65.3 Å². The van der Waals surface area contributed by atoms with Crippen molar-refractivity contribution in [3.8, 4) is 5.69 Å². The van der Waals surface area contributed by atoms with E-state index in [4.69, 9.17) is 21.0 Å². The van der Waals surface area contributed by atoms with Gasteiger partial charge < -0.3 is 4.43 Å². The van der Waals surface area contributed by atoms with Gasteiger partial charge in [-0.2, -0.15) is 0 Å². The Kier molecular flexibility index (Phi) is 7.64. The van der Waals surface area contributed by atoms with Crippen LogP contribution < -0.4 is 5.56 Å². The molecule has 0 saturated heterocycles. The van der Waals surface area contributed by atoms with Crippen molar-refractivity contribution in [1.82, 2.24) is 9.55 Å². The predicted molar refractivity (Wildman–Crippen MR) is 140 cm³/mol. The molecule has 0 aliphatic heterocycles. The van der Waals surface area contributed by atoms with Gasteiger partial charge in [0, 0.05) is 12.1 Å². The summed E-state index contributed by atoms with van der Waals surface area (Å²) in [5.41, 5.74) is 1.33. The van der Waals surface area contributed by atoms with E-state index in [0.29, 0.717) is 33.7 Å². The van der Waals surface area contributed by atoms with Crippen LogP contribution in [0.1, 0.15) is 60.4 Å². The van der Waals surface area contributed by atoms with Crippen LogP contribution in [0.2, 0.25) is 21.6 Å². The van der Waals surface area contributed by atoms with Crippen molar-refractivity contribution >= 4 is 36.5 Å². The van der Waals surface area contributed by atoms with E-state index in [2.05, 4.69) is 41.5 Å². The number of benzene rings is 2. The van der Waals surface area contributed by atoms with Crippen LogP contribution in [0.5, 0.6) is 0 Å². The fourth-order valence-electron chi connectivity index (χ4n) is 5.24. The summed E-state index contributed by atoms with van der Waals surface area (Å²) in [5, 5.41) is 12.0. The highest BCUT2D eigenvalue weighted by atomic mass is 35.5. The molecule has 0 radical (unpaired) electrons. The highest BCUT2D eigenvalue weighted by Crippen LogP contribution is 2.45. The van der Waals surface area contributed by atoms with Crippen molar-refractivity contribution in [2.75, 3.05) is 0 Å². The van der Waals surface area contributed by atoms with E-state index in [0.717, 1.165) is 0 Å². The maximum absolute atomic E-state index is 13.7. The second-order valence-corrected chi connectivity index (χ2v) is 15.4. The maximum Gasteiger partial charge on any atom is 0.271 e. The normalized spacial score (nSPS) is 13.3. The summed E-state index contributed by atoms with van der Waals surface area (Å²) in [6.07, 6.45) is -0.519. The van der Waals surface area contributed by atoms with Crippen LogP contribution in [0, 0.1) is 10.1 Å². The quantitative estimate of drug-likeness (QED) is 0.185. The Morgan fingerprint density at radius 2 is 1.59 bits per heavy atom. The topological polar surface area (TPSA) is 87.3 Å². The molecule has 0 aliphatic rings. The molecule has 0 bridgehead atoms. The molecule has 0 spiro atoms. The minimum absolute atomic E-state index is 0.113. The fraction of sp³-hybridized carbons (Fsp3) is 0.440. The monoisotopic (exact) mass is 501 g/mol. The van der Waals surface area contributed by atoms with Gasteiger partial charge in [-0.3, -0.25) is 19.5 Å². The molecule has 34 heavy (non-hydrogen) atoms. The van der Waals surface area contributed by atoms with Crippen LogP contribution in [-0.4, -0.2) is 22.8 Å². The van der Waals surface area contributed by atoms with Crippen molar-refractivity contribution in [3.05, 3.63) is 73.8 Å². The van der Waals surface area contributed by atoms with E-state index < -0.39 is 19.3 Å². The first kappa shape index (κ1) is 26.1. The number of non-ortho nitro benzene ring substituents is 1. The second kappa shape index (κ2) is 9.97. The Hall–Kier alpha value is -2.55. The number of nitrogens with zero attached hydrogens (tertiary/aromatic N) is 3. The van der Waals surface area contributed by atoms with Gasteiger partial charge in [0.15, 0.2) is 0 Å². The van der Waals surface area contributed by atoms with Crippen LogP contribution >= 0.6 is 11.6 Å². The van der Waals surface area contributed by atoms with E-state index >= 15 is 0 Å². The van der Waals surface area contributed by atoms with Crippen LogP contribution in [0.25, 0.3) is 16.6 Å². The molecular weight excluding hydrogens is 470 g/mol. The number of hydrogen-bond acceptors (Lipinski definition) is 5. The minimum Gasteiger partial charge on any atom is -0.406 e. The number of nitro groups is 1. The standard InChI is InChI=1S/C25H32ClN3O4Si/c1-15(2)34(16(3)4,17(5)6)33-18(7)24-27-22-13-9-12-21(26)23(22)25(30)28(24)19-10-8-11-20(14-19)29(31)32/h8-18H,1-7H3/t18-/m0/s1. The van der Waals surface area contributed by atoms with Crippen molar-refractivity contribution in [1.29, 1.82) is 0 Å². The number of halogens is 1. The van der Waals surface area contributed by atoms with E-state index in [-0.39, 0.29) is 21.7 Å². The molecule has 182 valence electrons. The molecule has 9 heteroatoms. The van der Waals surface area contributed by atoms with Gasteiger partial charge in [0.05, 0.1) is 26.5 Å². The molecule has 0 amide bonds. The van der Waals surface area contributed by atoms with Crippen LogP contribution in [-0.2, 0) is 4.43 Å². The molecule has 7 nitrogen and oxygen atoms in total. The van der Waals surface area contributed by atoms with Gasteiger partial charge in [0.25, 0.3) is 11.2 Å². The average Bonchev–Trinajstić information content (AvgIpc) is 2.76. The highest BCUT2D eigenvalue weighted by molar-refractivity contribution is 6.77. The molecule has 0 fully saturated rings. The lowest BCUT2D eigenvalue weighted by Crippen LogP contribution is -2.48. The van der Waals surface area contributed by atoms with Crippen molar-refractivity contribution in [3.63, 3.8) is 0 Å². The Morgan fingerprint density at radius 3 is 2.15 bits per heavy atom. The molecule has 0 aliphatic carbocycles. The summed E-state index contributed by atoms with van der Waals surface area (Å²) in [5.74, 6) is 0.402. The zero-order valence-electron chi connectivity index (χ0n) is 20.7. The van der Waals surface area contributed by atoms with Gasteiger partial charge in [0.1, 0.15) is 11.9 Å². The summed E-state index contributed by atoms with van der Waals surface area (Å²) in [7, 11) is -2.31. The second-order valence-electron chi connectivity index (χ2n) is 9.60. The largest absolute Gasteiger partial charge is 0.406 e. The number of nitro benzene ring substituents is 1. The lowest BCUT2D eigenvalue weighted by atomic mass is 10.2. The Balaban J connectivity index is 2.32. The molecule has 0 N–H and O–H groups in total. The lowest BCUT2D eigenvalue weighted by Gasteiger charge is -2.44. The van der Waals surface area contributed by atoms with Crippen LogP contribution in [0.15, 0.2) is 47.3 Å². The SMILES string of the molecule is CC(C)[Si](O[C@@H](C)c1nc2cccc(Cl)c2c(=O)n1-c1cccc([N+](=O)[O-])c1)(C(C)C)C(C)C. The number of hydrogen-bond donors (Lipinski definition) is 0. The van der Waals surface area contributed by atoms with Crippen molar-refractivity contribution in [2.24, 2.45) is 0 Å². The maximum atomic E-state index is 13.7. The van der Waals surface area contributed by atoms with Gasteiger partial charge in [-0.05, 0) is 41.7 Å². The Morgan fingerprint density at radius 1 is 1.00 bits per heavy atom. The number of fused-ring (bicyclic) bond motifs is 1. The van der Waals surface area contributed by atoms with E-state index in [1.807, 2.05) is 6.92 Å².